The van der Waals surface area contributed by atoms with Crippen molar-refractivity contribution in [1.82, 2.24) is 4.90 Å². The van der Waals surface area contributed by atoms with Crippen molar-refractivity contribution in [3.8, 4) is 0 Å². The van der Waals surface area contributed by atoms with E-state index >= 15 is 0 Å². The van der Waals surface area contributed by atoms with E-state index in [-0.39, 0.29) is 17.2 Å². The number of hydrogen-bond donors (Lipinski definition) is 2. The number of carbonyl (C=O) groups is 2. The van der Waals surface area contributed by atoms with E-state index in [0.29, 0.717) is 13.1 Å². The molecule has 6 nitrogen and oxygen atoms in total. The molecule has 1 amide bonds. The predicted molar refractivity (Wildman–Crippen MR) is 72.3 cm³/mol. The van der Waals surface area contributed by atoms with Crippen LogP contribution in [0.4, 0.5) is 11.4 Å². The van der Waals surface area contributed by atoms with E-state index in [1.807, 2.05) is 0 Å². The number of benzene rings is 1. The summed E-state index contributed by atoms with van der Waals surface area (Å²) >= 11 is 0. The second-order valence-electron chi connectivity index (χ2n) is 4.57. The third-order valence-corrected chi connectivity index (χ3v) is 3.36. The van der Waals surface area contributed by atoms with Crippen molar-refractivity contribution in [2.24, 2.45) is 0 Å². The van der Waals surface area contributed by atoms with E-state index in [1.54, 1.807) is 24.0 Å². The summed E-state index contributed by atoms with van der Waals surface area (Å²) in [5.74, 6) is -0.939. The number of piperazine rings is 1. The molecule has 19 heavy (non-hydrogen) atoms. The molecule has 1 fully saturated rings. The van der Waals surface area contributed by atoms with Crippen LogP contribution in [0.2, 0.25) is 0 Å². The second kappa shape index (κ2) is 5.17. The lowest BCUT2D eigenvalue weighted by molar-refractivity contribution is -0.129. The van der Waals surface area contributed by atoms with Gasteiger partial charge in [-0.05, 0) is 18.2 Å². The molecule has 0 aliphatic carbocycles. The fourth-order valence-electron chi connectivity index (χ4n) is 2.22. The highest BCUT2D eigenvalue weighted by atomic mass is 16.4. The number of anilines is 2. The first kappa shape index (κ1) is 13.2. The zero-order valence-corrected chi connectivity index (χ0v) is 10.8. The van der Waals surface area contributed by atoms with E-state index in [2.05, 4.69) is 4.90 Å². The molecule has 0 unspecified atom stereocenters. The van der Waals surface area contributed by atoms with Gasteiger partial charge in [0.1, 0.15) is 0 Å². The molecule has 102 valence electrons. The van der Waals surface area contributed by atoms with Crippen LogP contribution in [-0.2, 0) is 4.79 Å². The standard InChI is InChI=1S/C13H17N3O3/c1-9(17)15-4-6-16(7-5-15)10-2-3-11(13(18)19)12(14)8-10/h2-3,8H,4-7,14H2,1H3,(H,18,19). The van der Waals surface area contributed by atoms with Crippen molar-refractivity contribution < 1.29 is 14.7 Å². The highest BCUT2D eigenvalue weighted by molar-refractivity contribution is 5.94. The van der Waals surface area contributed by atoms with Gasteiger partial charge in [0.2, 0.25) is 5.91 Å². The van der Waals surface area contributed by atoms with Crippen LogP contribution < -0.4 is 10.6 Å². The summed E-state index contributed by atoms with van der Waals surface area (Å²) in [5, 5.41) is 8.92. The number of aromatic carboxylic acids is 1. The first-order chi connectivity index (χ1) is 8.99. The van der Waals surface area contributed by atoms with Gasteiger partial charge >= 0.3 is 5.97 Å². The van der Waals surface area contributed by atoms with Gasteiger partial charge in [-0.1, -0.05) is 0 Å². The Morgan fingerprint density at radius 3 is 2.32 bits per heavy atom. The molecule has 3 N–H and O–H groups in total. The number of carboxylic acid groups (broad SMARTS) is 1. The van der Waals surface area contributed by atoms with Crippen LogP contribution >= 0.6 is 0 Å². The van der Waals surface area contributed by atoms with Gasteiger partial charge in [-0.25, -0.2) is 4.79 Å². The maximum atomic E-state index is 11.2. The Hall–Kier alpha value is -2.24. The zero-order valence-electron chi connectivity index (χ0n) is 10.8. The molecule has 2 rings (SSSR count). The molecule has 0 saturated carbocycles. The van der Waals surface area contributed by atoms with Crippen LogP contribution in [0.25, 0.3) is 0 Å². The molecule has 0 spiro atoms. The summed E-state index contributed by atoms with van der Waals surface area (Å²) in [6.45, 7) is 4.37. The van der Waals surface area contributed by atoms with E-state index < -0.39 is 5.97 Å². The average molecular weight is 263 g/mol. The SMILES string of the molecule is CC(=O)N1CCN(c2ccc(C(=O)O)c(N)c2)CC1. The number of carbonyl (C=O) groups excluding carboxylic acids is 1. The van der Waals surface area contributed by atoms with Gasteiger partial charge < -0.3 is 20.6 Å². The Morgan fingerprint density at radius 1 is 1.21 bits per heavy atom. The molecule has 1 aromatic carbocycles. The highest BCUT2D eigenvalue weighted by Crippen LogP contribution is 2.22. The lowest BCUT2D eigenvalue weighted by Gasteiger charge is -2.35. The minimum absolute atomic E-state index is 0.0837. The highest BCUT2D eigenvalue weighted by Gasteiger charge is 2.19. The minimum Gasteiger partial charge on any atom is -0.478 e. The van der Waals surface area contributed by atoms with Crippen LogP contribution in [0.3, 0.4) is 0 Å². The number of nitrogens with two attached hydrogens (primary N) is 1. The summed E-state index contributed by atoms with van der Waals surface area (Å²) in [5.41, 5.74) is 7.01. The topological polar surface area (TPSA) is 86.9 Å². The quantitative estimate of drug-likeness (QED) is 0.764. The van der Waals surface area contributed by atoms with Crippen molar-refractivity contribution in [1.29, 1.82) is 0 Å². The summed E-state index contributed by atoms with van der Waals surface area (Å²) in [6.07, 6.45) is 0. The normalized spacial score (nSPS) is 15.4. The van der Waals surface area contributed by atoms with Crippen LogP contribution in [0.5, 0.6) is 0 Å². The number of nitrogen functional groups attached to an aromatic ring is 1. The van der Waals surface area contributed by atoms with E-state index in [0.717, 1.165) is 18.8 Å². The molecule has 1 aliphatic rings. The van der Waals surface area contributed by atoms with Gasteiger partial charge in [-0.3, -0.25) is 4.79 Å². The molecule has 1 saturated heterocycles. The summed E-state index contributed by atoms with van der Waals surface area (Å²) in [6, 6.07) is 4.94. The summed E-state index contributed by atoms with van der Waals surface area (Å²) < 4.78 is 0. The van der Waals surface area contributed by atoms with Gasteiger partial charge in [0.25, 0.3) is 0 Å². The Balaban J connectivity index is 2.10. The fourth-order valence-corrected chi connectivity index (χ4v) is 2.22. The Labute approximate surface area is 111 Å². The lowest BCUT2D eigenvalue weighted by atomic mass is 10.1. The summed E-state index contributed by atoms with van der Waals surface area (Å²) in [7, 11) is 0. The van der Waals surface area contributed by atoms with Crippen LogP contribution in [0.1, 0.15) is 17.3 Å². The molecular formula is C13H17N3O3. The van der Waals surface area contributed by atoms with Gasteiger partial charge in [-0.2, -0.15) is 0 Å². The number of rotatable bonds is 2. The lowest BCUT2D eigenvalue weighted by Crippen LogP contribution is -2.48. The molecule has 1 heterocycles. The van der Waals surface area contributed by atoms with Gasteiger partial charge in [0.15, 0.2) is 0 Å². The van der Waals surface area contributed by atoms with Crippen molar-refractivity contribution in [2.75, 3.05) is 36.8 Å². The number of nitrogens with zero attached hydrogens (tertiary/aromatic N) is 2. The molecule has 0 radical (unpaired) electrons. The number of carboxylic acids is 1. The molecule has 0 aromatic heterocycles. The molecule has 1 aliphatic heterocycles. The van der Waals surface area contributed by atoms with Crippen molar-refractivity contribution in [3.63, 3.8) is 0 Å². The van der Waals surface area contributed by atoms with Gasteiger partial charge in [0.05, 0.1) is 5.56 Å². The Morgan fingerprint density at radius 2 is 1.84 bits per heavy atom. The van der Waals surface area contributed by atoms with E-state index in [9.17, 15) is 9.59 Å². The van der Waals surface area contributed by atoms with Crippen molar-refractivity contribution in [2.45, 2.75) is 6.92 Å². The first-order valence-electron chi connectivity index (χ1n) is 6.12. The maximum Gasteiger partial charge on any atom is 0.337 e. The molecule has 1 aromatic rings. The predicted octanol–water partition coefficient (Wildman–Crippen LogP) is 0.635. The molecule has 0 bridgehead atoms. The van der Waals surface area contributed by atoms with E-state index in [1.165, 1.54) is 6.07 Å². The van der Waals surface area contributed by atoms with E-state index in [4.69, 9.17) is 10.8 Å². The molecule has 6 heteroatoms. The Bertz CT molecular complexity index is 508. The third-order valence-electron chi connectivity index (χ3n) is 3.36. The first-order valence-corrected chi connectivity index (χ1v) is 6.12. The third kappa shape index (κ3) is 2.78. The maximum absolute atomic E-state index is 11.2. The van der Waals surface area contributed by atoms with Crippen molar-refractivity contribution >= 4 is 23.3 Å². The van der Waals surface area contributed by atoms with Crippen LogP contribution in [0.15, 0.2) is 18.2 Å². The largest absolute Gasteiger partial charge is 0.478 e. The molecular weight excluding hydrogens is 246 g/mol. The van der Waals surface area contributed by atoms with Crippen LogP contribution in [0, 0.1) is 0 Å². The number of amides is 1. The Kier molecular flexibility index (Phi) is 3.59. The van der Waals surface area contributed by atoms with Crippen LogP contribution in [-0.4, -0.2) is 48.1 Å². The zero-order chi connectivity index (χ0) is 14.0. The van der Waals surface area contributed by atoms with Crippen molar-refractivity contribution in [3.05, 3.63) is 23.8 Å². The molecule has 0 atom stereocenters. The van der Waals surface area contributed by atoms with Gasteiger partial charge in [0, 0.05) is 44.5 Å². The van der Waals surface area contributed by atoms with Gasteiger partial charge in [-0.15, -0.1) is 0 Å². The monoisotopic (exact) mass is 263 g/mol. The smallest absolute Gasteiger partial charge is 0.337 e. The minimum atomic E-state index is -1.02. The fraction of sp³-hybridized carbons (Fsp3) is 0.385. The number of hydrogen-bond acceptors (Lipinski definition) is 4. The summed E-state index contributed by atoms with van der Waals surface area (Å²) in [4.78, 5) is 26.0. The average Bonchev–Trinajstić information content (AvgIpc) is 2.38. The second-order valence-corrected chi connectivity index (χ2v) is 4.57.